The van der Waals surface area contributed by atoms with Gasteiger partial charge >= 0.3 is 6.18 Å². The number of benzene rings is 1. The third-order valence-electron chi connectivity index (χ3n) is 3.59. The van der Waals surface area contributed by atoms with Crippen molar-refractivity contribution in [3.05, 3.63) is 29.8 Å². The van der Waals surface area contributed by atoms with E-state index in [2.05, 4.69) is 4.72 Å². The molecule has 0 aliphatic heterocycles. The predicted molar refractivity (Wildman–Crippen MR) is 72.0 cm³/mol. The summed E-state index contributed by atoms with van der Waals surface area (Å²) in [5.74, 6) is 0. The average Bonchev–Trinajstić information content (AvgIpc) is 2.40. The Morgan fingerprint density at radius 2 is 1.57 bits per heavy atom. The van der Waals surface area contributed by atoms with Crippen LogP contribution in [0.5, 0.6) is 0 Å². The van der Waals surface area contributed by atoms with Crippen molar-refractivity contribution in [1.29, 1.82) is 0 Å². The molecule has 1 aromatic rings. The van der Waals surface area contributed by atoms with Gasteiger partial charge in [0.25, 0.3) is 0 Å². The molecular weight excluding hydrogens is 305 g/mol. The maximum Gasteiger partial charge on any atom is 0.416 e. The average molecular weight is 322 g/mol. The Kier molecular flexibility index (Phi) is 4.60. The molecule has 1 fully saturated rings. The lowest BCUT2D eigenvalue weighted by molar-refractivity contribution is -0.137. The molecule has 0 bridgehead atoms. The van der Waals surface area contributed by atoms with E-state index in [0.717, 1.165) is 37.1 Å². The standard InChI is InChI=1S/C13H17F3N2O2S/c14-13(15,16)9-1-7-12(8-2-9)21(19,20)18-11-5-3-10(17)4-6-11/h1-2,7-8,10-11,18H,3-6,17H2. The van der Waals surface area contributed by atoms with Crippen LogP contribution in [0.1, 0.15) is 31.2 Å². The zero-order valence-electron chi connectivity index (χ0n) is 11.2. The van der Waals surface area contributed by atoms with Gasteiger partial charge in [-0.3, -0.25) is 0 Å². The predicted octanol–water partition coefficient (Wildman–Crippen LogP) is 2.25. The Hall–Kier alpha value is -1.12. The van der Waals surface area contributed by atoms with Gasteiger partial charge in [-0.2, -0.15) is 13.2 Å². The first kappa shape index (κ1) is 16.3. The highest BCUT2D eigenvalue weighted by Crippen LogP contribution is 2.29. The number of nitrogens with two attached hydrogens (primary N) is 1. The van der Waals surface area contributed by atoms with E-state index >= 15 is 0 Å². The number of rotatable bonds is 3. The molecule has 118 valence electrons. The molecule has 1 aliphatic carbocycles. The van der Waals surface area contributed by atoms with Crippen molar-refractivity contribution in [3.8, 4) is 0 Å². The van der Waals surface area contributed by atoms with Crippen LogP contribution in [0.15, 0.2) is 29.2 Å². The minimum atomic E-state index is -4.48. The van der Waals surface area contributed by atoms with E-state index in [9.17, 15) is 21.6 Å². The molecule has 0 unspecified atom stereocenters. The molecule has 0 atom stereocenters. The van der Waals surface area contributed by atoms with Crippen molar-refractivity contribution < 1.29 is 21.6 Å². The van der Waals surface area contributed by atoms with Crippen molar-refractivity contribution in [2.45, 2.75) is 48.8 Å². The molecule has 0 radical (unpaired) electrons. The third-order valence-corrected chi connectivity index (χ3v) is 5.12. The maximum absolute atomic E-state index is 12.4. The van der Waals surface area contributed by atoms with Crippen LogP contribution in [-0.4, -0.2) is 20.5 Å². The monoisotopic (exact) mass is 322 g/mol. The number of sulfonamides is 1. The first-order valence-electron chi connectivity index (χ1n) is 6.63. The normalized spacial score (nSPS) is 24.0. The van der Waals surface area contributed by atoms with E-state index in [-0.39, 0.29) is 17.0 Å². The third kappa shape index (κ3) is 4.18. The highest BCUT2D eigenvalue weighted by molar-refractivity contribution is 7.89. The Morgan fingerprint density at radius 3 is 2.05 bits per heavy atom. The second kappa shape index (κ2) is 5.94. The van der Waals surface area contributed by atoms with Gasteiger partial charge in [-0.05, 0) is 49.9 Å². The lowest BCUT2D eigenvalue weighted by Crippen LogP contribution is -2.40. The highest BCUT2D eigenvalue weighted by Gasteiger charge is 2.31. The summed E-state index contributed by atoms with van der Waals surface area (Å²) >= 11 is 0. The van der Waals surface area contributed by atoms with Crippen molar-refractivity contribution >= 4 is 10.0 Å². The Balaban J connectivity index is 2.09. The van der Waals surface area contributed by atoms with Crippen LogP contribution in [0.4, 0.5) is 13.2 Å². The fourth-order valence-electron chi connectivity index (χ4n) is 2.35. The van der Waals surface area contributed by atoms with Crippen LogP contribution in [-0.2, 0) is 16.2 Å². The quantitative estimate of drug-likeness (QED) is 0.896. The molecule has 0 spiro atoms. The van der Waals surface area contributed by atoms with Gasteiger partial charge in [0.05, 0.1) is 10.5 Å². The molecule has 1 saturated carbocycles. The first-order valence-corrected chi connectivity index (χ1v) is 8.12. The van der Waals surface area contributed by atoms with Crippen LogP contribution in [0, 0.1) is 0 Å². The molecule has 1 aliphatic rings. The number of nitrogens with one attached hydrogen (secondary N) is 1. The number of alkyl halides is 3. The molecule has 0 saturated heterocycles. The number of hydrogen-bond acceptors (Lipinski definition) is 3. The number of hydrogen-bond donors (Lipinski definition) is 2. The van der Waals surface area contributed by atoms with Crippen LogP contribution in [0.3, 0.4) is 0 Å². The van der Waals surface area contributed by atoms with Gasteiger partial charge in [-0.1, -0.05) is 0 Å². The molecular formula is C13H17F3N2O2S. The van der Waals surface area contributed by atoms with Gasteiger partial charge in [0.15, 0.2) is 0 Å². The van der Waals surface area contributed by atoms with Gasteiger partial charge < -0.3 is 5.73 Å². The molecule has 0 amide bonds. The van der Waals surface area contributed by atoms with Gasteiger partial charge in [0.1, 0.15) is 0 Å². The van der Waals surface area contributed by atoms with Crippen LogP contribution < -0.4 is 10.5 Å². The zero-order valence-corrected chi connectivity index (χ0v) is 12.0. The van der Waals surface area contributed by atoms with Gasteiger partial charge in [0.2, 0.25) is 10.0 Å². The summed E-state index contributed by atoms with van der Waals surface area (Å²) in [5, 5.41) is 0. The van der Waals surface area contributed by atoms with Crippen molar-refractivity contribution in [1.82, 2.24) is 4.72 Å². The second-order valence-electron chi connectivity index (χ2n) is 5.26. The largest absolute Gasteiger partial charge is 0.416 e. The summed E-state index contributed by atoms with van der Waals surface area (Å²) in [7, 11) is -3.80. The van der Waals surface area contributed by atoms with E-state index in [1.54, 1.807) is 0 Å². The molecule has 21 heavy (non-hydrogen) atoms. The fourth-order valence-corrected chi connectivity index (χ4v) is 3.65. The summed E-state index contributed by atoms with van der Waals surface area (Å²) in [6.07, 6.45) is -1.72. The molecule has 0 aromatic heterocycles. The topological polar surface area (TPSA) is 72.2 Å². The summed E-state index contributed by atoms with van der Waals surface area (Å²) in [6.45, 7) is 0. The zero-order chi connectivity index (χ0) is 15.7. The molecule has 8 heteroatoms. The van der Waals surface area contributed by atoms with E-state index in [1.165, 1.54) is 0 Å². The van der Waals surface area contributed by atoms with Gasteiger partial charge in [-0.25, -0.2) is 13.1 Å². The molecule has 0 heterocycles. The van der Waals surface area contributed by atoms with Crippen LogP contribution in [0.2, 0.25) is 0 Å². The molecule has 1 aromatic carbocycles. The summed E-state index contributed by atoms with van der Waals surface area (Å²) in [5.41, 5.74) is 4.88. The lowest BCUT2D eigenvalue weighted by atomic mass is 9.93. The van der Waals surface area contributed by atoms with E-state index in [4.69, 9.17) is 5.73 Å². The smallest absolute Gasteiger partial charge is 0.328 e. The van der Waals surface area contributed by atoms with Crippen molar-refractivity contribution in [2.24, 2.45) is 5.73 Å². The van der Waals surface area contributed by atoms with Crippen molar-refractivity contribution in [3.63, 3.8) is 0 Å². The van der Waals surface area contributed by atoms with E-state index < -0.39 is 21.8 Å². The minimum Gasteiger partial charge on any atom is -0.328 e. The highest BCUT2D eigenvalue weighted by atomic mass is 32.2. The van der Waals surface area contributed by atoms with Crippen LogP contribution >= 0.6 is 0 Å². The number of halogens is 3. The Morgan fingerprint density at radius 1 is 1.05 bits per heavy atom. The Labute approximate surface area is 121 Å². The first-order chi connectivity index (χ1) is 9.68. The minimum absolute atomic E-state index is 0.0943. The van der Waals surface area contributed by atoms with E-state index in [0.29, 0.717) is 12.8 Å². The SMILES string of the molecule is NC1CCC(NS(=O)(=O)c2ccc(C(F)(F)F)cc2)CC1. The molecule has 3 N–H and O–H groups in total. The summed E-state index contributed by atoms with van der Waals surface area (Å²) in [4.78, 5) is -0.162. The molecule has 2 rings (SSSR count). The van der Waals surface area contributed by atoms with Gasteiger partial charge in [-0.15, -0.1) is 0 Å². The second-order valence-corrected chi connectivity index (χ2v) is 6.97. The van der Waals surface area contributed by atoms with Gasteiger partial charge in [0, 0.05) is 12.1 Å². The summed E-state index contributed by atoms with van der Waals surface area (Å²) in [6, 6.07) is 3.37. The van der Waals surface area contributed by atoms with E-state index in [1.807, 2.05) is 0 Å². The fraction of sp³-hybridized carbons (Fsp3) is 0.538. The maximum atomic E-state index is 12.4. The molecule has 4 nitrogen and oxygen atoms in total. The van der Waals surface area contributed by atoms with Crippen LogP contribution in [0.25, 0.3) is 0 Å². The summed E-state index contributed by atoms with van der Waals surface area (Å²) < 4.78 is 64.1. The lowest BCUT2D eigenvalue weighted by Gasteiger charge is -2.26. The Bertz CT molecular complexity index is 576. The van der Waals surface area contributed by atoms with Crippen molar-refractivity contribution in [2.75, 3.05) is 0 Å².